The van der Waals surface area contributed by atoms with Crippen molar-refractivity contribution in [1.29, 1.82) is 5.26 Å². The number of aryl methyl sites for hydroxylation is 1. The van der Waals surface area contributed by atoms with Crippen molar-refractivity contribution in [3.05, 3.63) is 58.9 Å². The zero-order chi connectivity index (χ0) is 15.4. The van der Waals surface area contributed by atoms with E-state index < -0.39 is 5.97 Å². The first kappa shape index (κ1) is 14.5. The predicted octanol–water partition coefficient (Wildman–Crippen LogP) is 2.60. The van der Waals surface area contributed by atoms with Crippen molar-refractivity contribution in [2.75, 3.05) is 11.9 Å². The maximum absolute atomic E-state index is 11.3. The van der Waals surface area contributed by atoms with Crippen LogP contribution < -0.4 is 4.90 Å². The molecule has 0 aliphatic carbocycles. The van der Waals surface area contributed by atoms with Crippen molar-refractivity contribution in [1.82, 2.24) is 4.98 Å². The molecule has 0 aliphatic rings. The third-order valence-electron chi connectivity index (χ3n) is 3.14. The highest BCUT2D eigenvalue weighted by Gasteiger charge is 2.14. The van der Waals surface area contributed by atoms with Crippen LogP contribution in [0, 0.1) is 18.3 Å². The largest absolute Gasteiger partial charge is 0.478 e. The molecule has 1 aromatic carbocycles. The highest BCUT2D eigenvalue weighted by molar-refractivity contribution is 5.94. The van der Waals surface area contributed by atoms with Crippen molar-refractivity contribution in [3.63, 3.8) is 0 Å². The van der Waals surface area contributed by atoms with Crippen LogP contribution in [0.3, 0.4) is 0 Å². The van der Waals surface area contributed by atoms with Crippen LogP contribution in [0.5, 0.6) is 0 Å². The first-order chi connectivity index (χ1) is 10.0. The van der Waals surface area contributed by atoms with E-state index in [1.54, 1.807) is 18.2 Å². The number of hydrogen-bond donors (Lipinski definition) is 1. The minimum Gasteiger partial charge on any atom is -0.478 e. The summed E-state index contributed by atoms with van der Waals surface area (Å²) in [6, 6.07) is 11.1. The van der Waals surface area contributed by atoms with E-state index in [4.69, 9.17) is 5.26 Å². The lowest BCUT2D eigenvalue weighted by Gasteiger charge is -2.21. The van der Waals surface area contributed by atoms with Crippen molar-refractivity contribution in [2.45, 2.75) is 13.5 Å². The maximum atomic E-state index is 11.3. The number of nitrogens with zero attached hydrogens (tertiary/aromatic N) is 3. The highest BCUT2D eigenvalue weighted by Crippen LogP contribution is 2.22. The number of aromatic carboxylic acids is 1. The number of benzene rings is 1. The molecule has 0 bridgehead atoms. The summed E-state index contributed by atoms with van der Waals surface area (Å²) in [6.45, 7) is 2.33. The molecule has 1 aromatic heterocycles. The van der Waals surface area contributed by atoms with Crippen LogP contribution in [0.1, 0.15) is 27.2 Å². The first-order valence-electron chi connectivity index (χ1n) is 6.41. The Kier molecular flexibility index (Phi) is 4.19. The van der Waals surface area contributed by atoms with Crippen LogP contribution in [0.2, 0.25) is 0 Å². The van der Waals surface area contributed by atoms with Gasteiger partial charge >= 0.3 is 5.97 Å². The molecule has 0 fully saturated rings. The predicted molar refractivity (Wildman–Crippen MR) is 79.2 cm³/mol. The summed E-state index contributed by atoms with van der Waals surface area (Å²) in [7, 11) is 1.82. The Labute approximate surface area is 123 Å². The molecule has 0 radical (unpaired) electrons. The minimum atomic E-state index is -1.00. The summed E-state index contributed by atoms with van der Waals surface area (Å²) in [6.07, 6.45) is 1.37. The number of hydrogen-bond acceptors (Lipinski definition) is 4. The van der Waals surface area contributed by atoms with Gasteiger partial charge in [0.25, 0.3) is 0 Å². The van der Waals surface area contributed by atoms with Crippen LogP contribution in [0.25, 0.3) is 0 Å². The molecule has 5 nitrogen and oxygen atoms in total. The van der Waals surface area contributed by atoms with E-state index in [1.165, 1.54) is 6.20 Å². The van der Waals surface area contributed by atoms with Crippen LogP contribution >= 0.6 is 0 Å². The molecule has 5 heteroatoms. The molecule has 0 unspecified atom stereocenters. The number of anilines is 1. The van der Waals surface area contributed by atoms with E-state index >= 15 is 0 Å². The quantitative estimate of drug-likeness (QED) is 0.932. The van der Waals surface area contributed by atoms with Crippen molar-refractivity contribution < 1.29 is 9.90 Å². The first-order valence-corrected chi connectivity index (χ1v) is 6.41. The fraction of sp³-hybridized carbons (Fsp3) is 0.188. The Morgan fingerprint density at radius 2 is 2.19 bits per heavy atom. The van der Waals surface area contributed by atoms with Gasteiger partial charge in [0.2, 0.25) is 0 Å². The van der Waals surface area contributed by atoms with E-state index in [0.717, 1.165) is 11.3 Å². The number of nitriles is 1. The minimum absolute atomic E-state index is 0.166. The molecule has 0 spiro atoms. The second kappa shape index (κ2) is 6.06. The molecule has 0 aliphatic heterocycles. The summed E-state index contributed by atoms with van der Waals surface area (Å²) >= 11 is 0. The van der Waals surface area contributed by atoms with Crippen molar-refractivity contribution in [2.24, 2.45) is 0 Å². The van der Waals surface area contributed by atoms with Gasteiger partial charge in [-0.3, -0.25) is 4.98 Å². The van der Waals surface area contributed by atoms with Crippen LogP contribution in [-0.4, -0.2) is 23.1 Å². The van der Waals surface area contributed by atoms with Crippen LogP contribution in [0.4, 0.5) is 5.69 Å². The second-order valence-corrected chi connectivity index (χ2v) is 4.82. The lowest BCUT2D eigenvalue weighted by Crippen LogP contribution is -2.20. The maximum Gasteiger partial charge on any atom is 0.339 e. The van der Waals surface area contributed by atoms with Gasteiger partial charge in [0.15, 0.2) is 0 Å². The molecular formula is C16H15N3O2. The molecule has 0 atom stereocenters. The van der Waals surface area contributed by atoms with Gasteiger partial charge in [0, 0.05) is 25.5 Å². The lowest BCUT2D eigenvalue weighted by atomic mass is 10.1. The fourth-order valence-electron chi connectivity index (χ4n) is 2.12. The lowest BCUT2D eigenvalue weighted by molar-refractivity contribution is 0.0697. The third kappa shape index (κ3) is 3.37. The molecule has 0 saturated carbocycles. The number of pyridine rings is 1. The van der Waals surface area contributed by atoms with Crippen LogP contribution in [0.15, 0.2) is 36.5 Å². The number of aromatic nitrogens is 1. The molecule has 2 rings (SSSR count). The standard InChI is InChI=1S/C16H15N3O2/c1-11-6-15(14(9-18-11)16(20)21)19(2)10-13-5-3-4-12(7-13)8-17/h3-7,9H,10H2,1-2H3,(H,20,21). The molecule has 21 heavy (non-hydrogen) atoms. The zero-order valence-electron chi connectivity index (χ0n) is 11.9. The number of carbonyl (C=O) groups is 1. The van der Waals surface area contributed by atoms with E-state index in [-0.39, 0.29) is 5.56 Å². The number of carboxylic acid groups (broad SMARTS) is 1. The summed E-state index contributed by atoms with van der Waals surface area (Å²) in [4.78, 5) is 17.1. The number of rotatable bonds is 4. The second-order valence-electron chi connectivity index (χ2n) is 4.82. The monoisotopic (exact) mass is 281 g/mol. The Morgan fingerprint density at radius 1 is 1.43 bits per heavy atom. The van der Waals surface area contributed by atoms with E-state index in [9.17, 15) is 9.90 Å². The van der Waals surface area contributed by atoms with E-state index in [1.807, 2.05) is 31.0 Å². The van der Waals surface area contributed by atoms with Gasteiger partial charge in [0.1, 0.15) is 5.56 Å². The molecule has 106 valence electrons. The summed E-state index contributed by atoms with van der Waals surface area (Å²) in [5.74, 6) is -1.00. The van der Waals surface area contributed by atoms with E-state index in [0.29, 0.717) is 17.8 Å². The molecule has 0 saturated heterocycles. The summed E-state index contributed by atoms with van der Waals surface area (Å²) < 4.78 is 0. The molecule has 2 aromatic rings. The Morgan fingerprint density at radius 3 is 2.86 bits per heavy atom. The Balaban J connectivity index is 2.32. The van der Waals surface area contributed by atoms with Gasteiger partial charge in [0.05, 0.1) is 17.3 Å². The van der Waals surface area contributed by atoms with Gasteiger partial charge in [-0.1, -0.05) is 12.1 Å². The van der Waals surface area contributed by atoms with Crippen molar-refractivity contribution >= 4 is 11.7 Å². The third-order valence-corrected chi connectivity index (χ3v) is 3.14. The van der Waals surface area contributed by atoms with Gasteiger partial charge in [-0.2, -0.15) is 5.26 Å². The molecular weight excluding hydrogens is 266 g/mol. The number of carboxylic acids is 1. The Hall–Kier alpha value is -2.87. The highest BCUT2D eigenvalue weighted by atomic mass is 16.4. The fourth-order valence-corrected chi connectivity index (χ4v) is 2.12. The zero-order valence-corrected chi connectivity index (χ0v) is 11.9. The summed E-state index contributed by atoms with van der Waals surface area (Å²) in [5, 5.41) is 18.2. The van der Waals surface area contributed by atoms with Gasteiger partial charge in [-0.15, -0.1) is 0 Å². The molecule has 0 amide bonds. The average molecular weight is 281 g/mol. The average Bonchev–Trinajstić information content (AvgIpc) is 2.47. The normalized spacial score (nSPS) is 9.95. The van der Waals surface area contributed by atoms with E-state index in [2.05, 4.69) is 11.1 Å². The van der Waals surface area contributed by atoms with Crippen LogP contribution in [-0.2, 0) is 6.54 Å². The smallest absolute Gasteiger partial charge is 0.339 e. The molecule has 1 heterocycles. The van der Waals surface area contributed by atoms with Gasteiger partial charge in [-0.25, -0.2) is 4.79 Å². The Bertz CT molecular complexity index is 720. The SMILES string of the molecule is Cc1cc(N(C)Cc2cccc(C#N)c2)c(C(=O)O)cn1. The topological polar surface area (TPSA) is 77.2 Å². The summed E-state index contributed by atoms with van der Waals surface area (Å²) in [5.41, 5.74) is 3.07. The van der Waals surface area contributed by atoms with Gasteiger partial charge in [-0.05, 0) is 30.7 Å². The molecule has 1 N–H and O–H groups in total. The van der Waals surface area contributed by atoms with Crippen molar-refractivity contribution in [3.8, 4) is 6.07 Å². The van der Waals surface area contributed by atoms with Gasteiger partial charge < -0.3 is 10.0 Å².